The van der Waals surface area contributed by atoms with E-state index in [1.165, 1.54) is 5.56 Å². The summed E-state index contributed by atoms with van der Waals surface area (Å²) in [4.78, 5) is 25.8. The minimum atomic E-state index is -0.207. The molecule has 4 rings (SSSR count). The summed E-state index contributed by atoms with van der Waals surface area (Å²) in [6.45, 7) is 10.8. The van der Waals surface area contributed by atoms with Crippen LogP contribution in [0.1, 0.15) is 38.7 Å². The predicted octanol–water partition coefficient (Wildman–Crippen LogP) is 2.89. The third-order valence-electron chi connectivity index (χ3n) is 6.49. The highest BCUT2D eigenvalue weighted by molar-refractivity contribution is 5.78. The largest absolute Gasteiger partial charge is 0.494 e. The quantitative estimate of drug-likeness (QED) is 0.568. The summed E-state index contributed by atoms with van der Waals surface area (Å²) in [5.74, 6) is 1.87. The zero-order chi connectivity index (χ0) is 23.8. The molecule has 2 aliphatic rings. The van der Waals surface area contributed by atoms with Crippen LogP contribution in [0.5, 0.6) is 5.75 Å². The van der Waals surface area contributed by atoms with Gasteiger partial charge in [-0.25, -0.2) is 9.97 Å². The molecule has 2 fully saturated rings. The van der Waals surface area contributed by atoms with E-state index in [9.17, 15) is 4.79 Å². The molecule has 34 heavy (non-hydrogen) atoms. The van der Waals surface area contributed by atoms with Crippen molar-refractivity contribution in [2.75, 3.05) is 50.8 Å². The SMILES string of the molecule is CC1(C)CC(C(=O)NCCCOc2ccc(CN3CCN(c4ncccn4)CC3)cc2)CCO1. The molecule has 0 spiro atoms. The topological polar surface area (TPSA) is 79.8 Å². The Hall–Kier alpha value is -2.71. The molecule has 1 N–H and O–H groups in total. The smallest absolute Gasteiger partial charge is 0.225 e. The van der Waals surface area contributed by atoms with Crippen LogP contribution < -0.4 is 15.0 Å². The molecule has 0 radical (unpaired) electrons. The Morgan fingerprint density at radius 2 is 1.88 bits per heavy atom. The Bertz CT molecular complexity index is 898. The molecular weight excluding hydrogens is 430 g/mol. The second-order valence-electron chi connectivity index (χ2n) is 9.75. The number of nitrogens with zero attached hydrogens (tertiary/aromatic N) is 4. The molecule has 1 aromatic carbocycles. The fraction of sp³-hybridized carbons (Fsp3) is 0.577. The lowest BCUT2D eigenvalue weighted by atomic mass is 9.88. The van der Waals surface area contributed by atoms with E-state index in [4.69, 9.17) is 9.47 Å². The van der Waals surface area contributed by atoms with Crippen LogP contribution in [0.2, 0.25) is 0 Å². The molecule has 2 aromatic rings. The second kappa shape index (κ2) is 11.6. The van der Waals surface area contributed by atoms with Crippen LogP contribution in [0.4, 0.5) is 5.95 Å². The highest BCUT2D eigenvalue weighted by atomic mass is 16.5. The number of carbonyl (C=O) groups excluding carboxylic acids is 1. The lowest BCUT2D eigenvalue weighted by Gasteiger charge is -2.34. The molecule has 184 valence electrons. The van der Waals surface area contributed by atoms with E-state index in [1.807, 2.05) is 32.0 Å². The molecule has 0 bridgehead atoms. The Morgan fingerprint density at radius 1 is 1.15 bits per heavy atom. The van der Waals surface area contributed by atoms with Gasteiger partial charge in [0.05, 0.1) is 12.2 Å². The van der Waals surface area contributed by atoms with Gasteiger partial charge in [0, 0.05) is 64.2 Å². The highest BCUT2D eigenvalue weighted by Gasteiger charge is 2.32. The van der Waals surface area contributed by atoms with Crippen LogP contribution >= 0.6 is 0 Å². The minimum Gasteiger partial charge on any atom is -0.494 e. The van der Waals surface area contributed by atoms with Gasteiger partial charge in [0.15, 0.2) is 0 Å². The van der Waals surface area contributed by atoms with Crippen molar-refractivity contribution in [3.8, 4) is 5.75 Å². The molecule has 1 atom stereocenters. The second-order valence-corrected chi connectivity index (χ2v) is 9.75. The summed E-state index contributed by atoms with van der Waals surface area (Å²) >= 11 is 0. The summed E-state index contributed by atoms with van der Waals surface area (Å²) < 4.78 is 11.6. The van der Waals surface area contributed by atoms with Gasteiger partial charge in [-0.05, 0) is 56.9 Å². The normalized spacial score (nSPS) is 20.6. The Morgan fingerprint density at radius 3 is 2.59 bits per heavy atom. The number of hydrogen-bond donors (Lipinski definition) is 1. The van der Waals surface area contributed by atoms with Crippen molar-refractivity contribution >= 4 is 11.9 Å². The van der Waals surface area contributed by atoms with Crippen LogP contribution in [0.3, 0.4) is 0 Å². The number of rotatable bonds is 9. The molecule has 1 aromatic heterocycles. The zero-order valence-electron chi connectivity index (χ0n) is 20.4. The Balaban J connectivity index is 1.11. The third-order valence-corrected chi connectivity index (χ3v) is 6.49. The van der Waals surface area contributed by atoms with Crippen molar-refractivity contribution in [2.45, 2.75) is 45.3 Å². The number of anilines is 1. The summed E-state index contributed by atoms with van der Waals surface area (Å²) in [7, 11) is 0. The molecule has 1 unspecified atom stereocenters. The van der Waals surface area contributed by atoms with Crippen molar-refractivity contribution in [1.82, 2.24) is 20.2 Å². The average molecular weight is 468 g/mol. The van der Waals surface area contributed by atoms with Crippen molar-refractivity contribution in [2.24, 2.45) is 5.92 Å². The molecule has 0 saturated carbocycles. The number of carbonyl (C=O) groups is 1. The van der Waals surface area contributed by atoms with Gasteiger partial charge in [0.2, 0.25) is 11.9 Å². The molecule has 2 saturated heterocycles. The van der Waals surface area contributed by atoms with Crippen molar-refractivity contribution in [3.63, 3.8) is 0 Å². The first-order valence-corrected chi connectivity index (χ1v) is 12.4. The molecule has 0 aliphatic carbocycles. The van der Waals surface area contributed by atoms with Gasteiger partial charge in [0.25, 0.3) is 0 Å². The monoisotopic (exact) mass is 467 g/mol. The van der Waals surface area contributed by atoms with E-state index in [1.54, 1.807) is 12.4 Å². The lowest BCUT2D eigenvalue weighted by Crippen LogP contribution is -2.46. The fourth-order valence-corrected chi connectivity index (χ4v) is 4.58. The van der Waals surface area contributed by atoms with Gasteiger partial charge in [0.1, 0.15) is 5.75 Å². The molecule has 1 amide bonds. The van der Waals surface area contributed by atoms with E-state index in [-0.39, 0.29) is 17.4 Å². The number of ether oxygens (including phenoxy) is 2. The van der Waals surface area contributed by atoms with Crippen LogP contribution in [0.25, 0.3) is 0 Å². The highest BCUT2D eigenvalue weighted by Crippen LogP contribution is 2.28. The number of piperazine rings is 1. The van der Waals surface area contributed by atoms with E-state index in [0.717, 1.165) is 63.7 Å². The van der Waals surface area contributed by atoms with Crippen LogP contribution in [0, 0.1) is 5.92 Å². The number of nitrogens with one attached hydrogen (secondary N) is 1. The standard InChI is InChI=1S/C26H37N5O3/c1-26(2)19-22(9-18-34-26)24(32)27-12-4-17-33-23-7-5-21(6-8-23)20-30-13-15-31(16-14-30)25-28-10-3-11-29-25/h3,5-8,10-11,22H,4,9,12-20H2,1-2H3,(H,27,32). The number of hydrogen-bond acceptors (Lipinski definition) is 7. The van der Waals surface area contributed by atoms with Gasteiger partial charge in [-0.2, -0.15) is 0 Å². The van der Waals surface area contributed by atoms with Crippen LogP contribution in [-0.2, 0) is 16.1 Å². The first-order valence-electron chi connectivity index (χ1n) is 12.4. The van der Waals surface area contributed by atoms with Gasteiger partial charge < -0.3 is 19.7 Å². The number of benzene rings is 1. The van der Waals surface area contributed by atoms with Crippen molar-refractivity contribution in [1.29, 1.82) is 0 Å². The summed E-state index contributed by atoms with van der Waals surface area (Å²) in [5, 5.41) is 3.05. The molecule has 8 heteroatoms. The fourth-order valence-electron chi connectivity index (χ4n) is 4.58. The maximum Gasteiger partial charge on any atom is 0.225 e. The van der Waals surface area contributed by atoms with Gasteiger partial charge in [-0.3, -0.25) is 9.69 Å². The first kappa shape index (κ1) is 24.4. The van der Waals surface area contributed by atoms with Gasteiger partial charge in [-0.15, -0.1) is 0 Å². The van der Waals surface area contributed by atoms with Gasteiger partial charge in [-0.1, -0.05) is 12.1 Å². The lowest BCUT2D eigenvalue weighted by molar-refractivity contribution is -0.135. The van der Waals surface area contributed by atoms with Crippen molar-refractivity contribution < 1.29 is 14.3 Å². The molecule has 8 nitrogen and oxygen atoms in total. The van der Waals surface area contributed by atoms with Crippen LogP contribution in [-0.4, -0.2) is 72.3 Å². The minimum absolute atomic E-state index is 0.0480. The van der Waals surface area contributed by atoms with Gasteiger partial charge >= 0.3 is 0 Å². The Kier molecular flexibility index (Phi) is 8.34. The number of amides is 1. The summed E-state index contributed by atoms with van der Waals surface area (Å²) in [6.07, 6.45) is 5.95. The van der Waals surface area contributed by atoms with Crippen LogP contribution in [0.15, 0.2) is 42.7 Å². The predicted molar refractivity (Wildman–Crippen MR) is 132 cm³/mol. The van der Waals surface area contributed by atoms with E-state index in [0.29, 0.717) is 19.8 Å². The summed E-state index contributed by atoms with van der Waals surface area (Å²) in [5.41, 5.74) is 1.07. The zero-order valence-corrected chi connectivity index (χ0v) is 20.4. The average Bonchev–Trinajstić information content (AvgIpc) is 2.85. The Labute approximate surface area is 202 Å². The maximum atomic E-state index is 12.4. The van der Waals surface area contributed by atoms with E-state index >= 15 is 0 Å². The van der Waals surface area contributed by atoms with E-state index < -0.39 is 0 Å². The molecule has 3 heterocycles. The third kappa shape index (κ3) is 7.14. The van der Waals surface area contributed by atoms with E-state index in [2.05, 4.69) is 37.2 Å². The molecular formula is C26H37N5O3. The van der Waals surface area contributed by atoms with Crippen molar-refractivity contribution in [3.05, 3.63) is 48.3 Å². The maximum absolute atomic E-state index is 12.4. The summed E-state index contributed by atoms with van der Waals surface area (Å²) in [6, 6.07) is 10.2. The molecule has 2 aliphatic heterocycles. The number of aromatic nitrogens is 2. The first-order chi connectivity index (χ1) is 16.5.